The molecule has 5 heteroatoms. The molecule has 0 heterocycles. The van der Waals surface area contributed by atoms with Crippen LogP contribution in [0.15, 0.2) is 18.2 Å². The van der Waals surface area contributed by atoms with Gasteiger partial charge in [-0.1, -0.05) is 0 Å². The quantitative estimate of drug-likeness (QED) is 0.807. The van der Waals surface area contributed by atoms with E-state index in [1.165, 1.54) is 4.90 Å². The van der Waals surface area contributed by atoms with Gasteiger partial charge in [-0.05, 0) is 32.0 Å². The minimum Gasteiger partial charge on any atom is -0.397 e. The van der Waals surface area contributed by atoms with E-state index in [0.29, 0.717) is 17.9 Å². The standard InChI is InChI=1S/C15H25N3O2/c1-11(2)20-9-8-18(5)14-7-6-12(10-13(14)16)15(19)17(3)4/h6-7,10-11H,8-9,16H2,1-5H3. The van der Waals surface area contributed by atoms with E-state index >= 15 is 0 Å². The molecule has 0 aliphatic carbocycles. The zero-order valence-corrected chi connectivity index (χ0v) is 13.0. The minimum atomic E-state index is -0.0472. The van der Waals surface area contributed by atoms with E-state index < -0.39 is 0 Å². The van der Waals surface area contributed by atoms with E-state index in [2.05, 4.69) is 0 Å². The van der Waals surface area contributed by atoms with E-state index in [9.17, 15) is 4.79 Å². The first-order valence-corrected chi connectivity index (χ1v) is 6.76. The van der Waals surface area contributed by atoms with Gasteiger partial charge >= 0.3 is 0 Å². The molecule has 5 nitrogen and oxygen atoms in total. The Labute approximate surface area is 121 Å². The first-order valence-electron chi connectivity index (χ1n) is 6.76. The van der Waals surface area contributed by atoms with Gasteiger partial charge in [-0.25, -0.2) is 0 Å². The third-order valence-corrected chi connectivity index (χ3v) is 2.97. The first-order chi connectivity index (χ1) is 9.32. The molecule has 0 bridgehead atoms. The molecule has 0 radical (unpaired) electrons. The maximum Gasteiger partial charge on any atom is 0.253 e. The Morgan fingerprint density at radius 1 is 1.30 bits per heavy atom. The highest BCUT2D eigenvalue weighted by Gasteiger charge is 2.12. The maximum absolute atomic E-state index is 11.9. The molecule has 0 aliphatic heterocycles. The van der Waals surface area contributed by atoms with Crippen molar-refractivity contribution in [2.24, 2.45) is 0 Å². The van der Waals surface area contributed by atoms with Crippen molar-refractivity contribution in [3.8, 4) is 0 Å². The molecule has 0 atom stereocenters. The normalized spacial score (nSPS) is 10.7. The Morgan fingerprint density at radius 3 is 2.45 bits per heavy atom. The molecule has 1 aromatic rings. The summed E-state index contributed by atoms with van der Waals surface area (Å²) in [7, 11) is 5.41. The zero-order valence-electron chi connectivity index (χ0n) is 13.0. The van der Waals surface area contributed by atoms with Crippen molar-refractivity contribution in [3.63, 3.8) is 0 Å². The van der Waals surface area contributed by atoms with Crippen molar-refractivity contribution in [1.82, 2.24) is 4.90 Å². The lowest BCUT2D eigenvalue weighted by Crippen LogP contribution is -2.25. The molecule has 0 aliphatic rings. The van der Waals surface area contributed by atoms with Gasteiger partial charge in [-0.3, -0.25) is 4.79 Å². The summed E-state index contributed by atoms with van der Waals surface area (Å²) in [5.74, 6) is -0.0472. The van der Waals surface area contributed by atoms with Crippen LogP contribution in [-0.4, -0.2) is 51.2 Å². The third kappa shape index (κ3) is 4.42. The summed E-state index contributed by atoms with van der Waals surface area (Å²) < 4.78 is 5.52. The maximum atomic E-state index is 11.9. The molecule has 0 spiro atoms. The van der Waals surface area contributed by atoms with Crippen LogP contribution in [0.5, 0.6) is 0 Å². The summed E-state index contributed by atoms with van der Waals surface area (Å²) in [5, 5.41) is 0. The van der Waals surface area contributed by atoms with Crippen LogP contribution in [0.2, 0.25) is 0 Å². The fourth-order valence-corrected chi connectivity index (χ4v) is 1.84. The molecule has 0 saturated carbocycles. The molecule has 2 N–H and O–H groups in total. The predicted octanol–water partition coefficient (Wildman–Crippen LogP) is 1.83. The van der Waals surface area contributed by atoms with Gasteiger partial charge in [0.25, 0.3) is 5.91 Å². The zero-order chi connectivity index (χ0) is 15.3. The van der Waals surface area contributed by atoms with Gasteiger partial charge in [-0.2, -0.15) is 0 Å². The van der Waals surface area contributed by atoms with Crippen molar-refractivity contribution in [2.75, 3.05) is 44.9 Å². The van der Waals surface area contributed by atoms with Crippen LogP contribution in [0.1, 0.15) is 24.2 Å². The lowest BCUT2D eigenvalue weighted by Gasteiger charge is -2.22. The third-order valence-electron chi connectivity index (χ3n) is 2.97. The monoisotopic (exact) mass is 279 g/mol. The lowest BCUT2D eigenvalue weighted by atomic mass is 10.1. The molecular formula is C15H25N3O2. The fraction of sp³-hybridized carbons (Fsp3) is 0.533. The molecule has 20 heavy (non-hydrogen) atoms. The van der Waals surface area contributed by atoms with Crippen molar-refractivity contribution in [1.29, 1.82) is 0 Å². The number of carbonyl (C=O) groups is 1. The summed E-state index contributed by atoms with van der Waals surface area (Å²) in [6.45, 7) is 5.42. The molecule has 0 unspecified atom stereocenters. The van der Waals surface area contributed by atoms with Gasteiger partial charge in [0.15, 0.2) is 0 Å². The highest BCUT2D eigenvalue weighted by Crippen LogP contribution is 2.23. The molecule has 0 aromatic heterocycles. The minimum absolute atomic E-state index is 0.0472. The smallest absolute Gasteiger partial charge is 0.253 e. The van der Waals surface area contributed by atoms with Gasteiger partial charge in [0.05, 0.1) is 24.1 Å². The highest BCUT2D eigenvalue weighted by atomic mass is 16.5. The number of nitrogen functional groups attached to an aromatic ring is 1. The number of ether oxygens (including phenoxy) is 1. The molecule has 1 aromatic carbocycles. The van der Waals surface area contributed by atoms with E-state index in [-0.39, 0.29) is 12.0 Å². The van der Waals surface area contributed by atoms with Crippen molar-refractivity contribution < 1.29 is 9.53 Å². The Hall–Kier alpha value is -1.75. The molecule has 0 saturated heterocycles. The summed E-state index contributed by atoms with van der Waals surface area (Å²) in [6.07, 6.45) is 0.223. The van der Waals surface area contributed by atoms with Crippen LogP contribution in [0, 0.1) is 0 Å². The number of carbonyl (C=O) groups excluding carboxylic acids is 1. The molecule has 1 rings (SSSR count). The van der Waals surface area contributed by atoms with Crippen molar-refractivity contribution >= 4 is 17.3 Å². The fourth-order valence-electron chi connectivity index (χ4n) is 1.84. The molecule has 1 amide bonds. The largest absolute Gasteiger partial charge is 0.397 e. The van der Waals surface area contributed by atoms with Crippen molar-refractivity contribution in [3.05, 3.63) is 23.8 Å². The van der Waals surface area contributed by atoms with Crippen LogP contribution in [0.3, 0.4) is 0 Å². The highest BCUT2D eigenvalue weighted by molar-refractivity contribution is 5.95. The van der Waals surface area contributed by atoms with Crippen LogP contribution in [0.25, 0.3) is 0 Å². The van der Waals surface area contributed by atoms with Gasteiger partial charge in [0.1, 0.15) is 0 Å². The SMILES string of the molecule is CC(C)OCCN(C)c1ccc(C(=O)N(C)C)cc1N. The number of anilines is 2. The first kappa shape index (κ1) is 16.3. The molecule has 0 fully saturated rings. The predicted molar refractivity (Wildman–Crippen MR) is 83.2 cm³/mol. The van der Waals surface area contributed by atoms with E-state index in [1.807, 2.05) is 31.9 Å². The van der Waals surface area contributed by atoms with Gasteiger partial charge in [0.2, 0.25) is 0 Å². The number of nitrogens with zero attached hydrogens (tertiary/aromatic N) is 2. The lowest BCUT2D eigenvalue weighted by molar-refractivity contribution is 0.0826. The average Bonchev–Trinajstić information content (AvgIpc) is 2.36. The molecular weight excluding hydrogens is 254 g/mol. The molecule has 112 valence electrons. The second kappa shape index (κ2) is 7.14. The van der Waals surface area contributed by atoms with Crippen LogP contribution < -0.4 is 10.6 Å². The van der Waals surface area contributed by atoms with E-state index in [0.717, 1.165) is 12.2 Å². The number of hydrogen-bond donors (Lipinski definition) is 1. The van der Waals surface area contributed by atoms with Gasteiger partial charge in [-0.15, -0.1) is 0 Å². The van der Waals surface area contributed by atoms with Crippen LogP contribution >= 0.6 is 0 Å². The van der Waals surface area contributed by atoms with Gasteiger partial charge in [0, 0.05) is 33.3 Å². The van der Waals surface area contributed by atoms with Gasteiger partial charge < -0.3 is 20.3 Å². The Kier molecular flexibility index (Phi) is 5.82. The van der Waals surface area contributed by atoms with E-state index in [4.69, 9.17) is 10.5 Å². The second-order valence-corrected chi connectivity index (χ2v) is 5.31. The van der Waals surface area contributed by atoms with Crippen LogP contribution in [-0.2, 0) is 4.74 Å². The number of benzene rings is 1. The second-order valence-electron chi connectivity index (χ2n) is 5.31. The summed E-state index contributed by atoms with van der Waals surface area (Å²) >= 11 is 0. The Bertz CT molecular complexity index is 458. The van der Waals surface area contributed by atoms with Crippen molar-refractivity contribution in [2.45, 2.75) is 20.0 Å². The summed E-state index contributed by atoms with van der Waals surface area (Å²) in [6, 6.07) is 5.40. The Morgan fingerprint density at radius 2 is 1.95 bits per heavy atom. The number of nitrogens with two attached hydrogens (primary N) is 1. The van der Waals surface area contributed by atoms with E-state index in [1.54, 1.807) is 26.2 Å². The summed E-state index contributed by atoms with van der Waals surface area (Å²) in [4.78, 5) is 15.4. The summed E-state index contributed by atoms with van der Waals surface area (Å²) in [5.41, 5.74) is 8.15. The average molecular weight is 279 g/mol. The van der Waals surface area contributed by atoms with Crippen LogP contribution in [0.4, 0.5) is 11.4 Å². The number of likely N-dealkylation sites (N-methyl/N-ethyl adjacent to an activating group) is 1. The number of rotatable bonds is 6. The topological polar surface area (TPSA) is 58.8 Å². The Balaban J connectivity index is 2.74. The number of hydrogen-bond acceptors (Lipinski definition) is 4. The number of amides is 1.